The zero-order chi connectivity index (χ0) is 17.1. The number of nitrogens with zero attached hydrogens (tertiary/aromatic N) is 6. The van der Waals surface area contributed by atoms with Crippen molar-refractivity contribution in [3.8, 4) is 0 Å². The van der Waals surface area contributed by atoms with Crippen LogP contribution in [0.1, 0.15) is 23.8 Å². The zero-order valence-electron chi connectivity index (χ0n) is 13.5. The molecule has 8 nitrogen and oxygen atoms in total. The lowest BCUT2D eigenvalue weighted by molar-refractivity contribution is -0.115. The Bertz CT molecular complexity index is 1140. The Hall–Kier alpha value is -2.20. The van der Waals surface area contributed by atoms with Gasteiger partial charge in [0.05, 0.1) is 11.1 Å². The predicted molar refractivity (Wildman–Crippen MR) is 96.0 cm³/mol. The summed E-state index contributed by atoms with van der Waals surface area (Å²) in [6, 6.07) is 0. The second kappa shape index (κ2) is 5.40. The average Bonchev–Trinajstić information content (AvgIpc) is 3.27. The van der Waals surface area contributed by atoms with E-state index in [4.69, 9.17) is 5.73 Å². The SMILES string of the molecule is C[C@@H]1CCc2sc3c(c2C1)c1ncnn1c1nnc(SCC(N)=O)n31. The maximum atomic E-state index is 11.2. The van der Waals surface area contributed by atoms with Crippen molar-refractivity contribution in [3.05, 3.63) is 16.8 Å². The van der Waals surface area contributed by atoms with Crippen LogP contribution in [0.4, 0.5) is 0 Å². The lowest BCUT2D eigenvalue weighted by Gasteiger charge is -2.17. The molecular formula is C15H15N7OS2. The van der Waals surface area contributed by atoms with Gasteiger partial charge in [-0.2, -0.15) is 9.61 Å². The zero-order valence-corrected chi connectivity index (χ0v) is 15.1. The number of primary amides is 1. The summed E-state index contributed by atoms with van der Waals surface area (Å²) in [6.45, 7) is 2.29. The van der Waals surface area contributed by atoms with Gasteiger partial charge in [0, 0.05) is 4.88 Å². The molecule has 0 aromatic carbocycles. The number of carbonyl (C=O) groups is 1. The van der Waals surface area contributed by atoms with Crippen molar-refractivity contribution in [2.24, 2.45) is 11.7 Å². The highest BCUT2D eigenvalue weighted by atomic mass is 32.2. The van der Waals surface area contributed by atoms with E-state index < -0.39 is 0 Å². The van der Waals surface area contributed by atoms with E-state index in [0.29, 0.717) is 16.9 Å². The third kappa shape index (κ3) is 2.17. The Balaban J connectivity index is 1.87. The fourth-order valence-corrected chi connectivity index (χ4v) is 5.56. The first-order valence-electron chi connectivity index (χ1n) is 8.05. The van der Waals surface area contributed by atoms with E-state index >= 15 is 0 Å². The first kappa shape index (κ1) is 15.1. The molecule has 4 heterocycles. The summed E-state index contributed by atoms with van der Waals surface area (Å²) in [5.41, 5.74) is 7.49. The van der Waals surface area contributed by atoms with Gasteiger partial charge in [0.2, 0.25) is 5.91 Å². The maximum Gasteiger partial charge on any atom is 0.260 e. The van der Waals surface area contributed by atoms with Crippen LogP contribution in [0, 0.1) is 5.92 Å². The molecule has 0 fully saturated rings. The molecule has 0 saturated carbocycles. The monoisotopic (exact) mass is 373 g/mol. The highest BCUT2D eigenvalue weighted by Crippen LogP contribution is 2.40. The summed E-state index contributed by atoms with van der Waals surface area (Å²) in [4.78, 5) is 18.1. The number of fused-ring (bicyclic) bond motifs is 8. The topological polar surface area (TPSA) is 103 Å². The van der Waals surface area contributed by atoms with E-state index in [1.54, 1.807) is 22.2 Å². The van der Waals surface area contributed by atoms with Gasteiger partial charge in [-0.15, -0.1) is 21.5 Å². The van der Waals surface area contributed by atoms with E-state index in [0.717, 1.165) is 28.7 Å². The van der Waals surface area contributed by atoms with Crippen LogP contribution in [-0.4, -0.2) is 40.9 Å². The lowest BCUT2D eigenvalue weighted by Crippen LogP contribution is -2.13. The number of hydrogen-bond donors (Lipinski definition) is 1. The van der Waals surface area contributed by atoms with E-state index in [1.807, 2.05) is 4.40 Å². The summed E-state index contributed by atoms with van der Waals surface area (Å²) in [5, 5.41) is 14.7. The summed E-state index contributed by atoms with van der Waals surface area (Å²) in [6.07, 6.45) is 4.90. The van der Waals surface area contributed by atoms with Gasteiger partial charge in [0.1, 0.15) is 11.2 Å². The van der Waals surface area contributed by atoms with Gasteiger partial charge in [0.25, 0.3) is 5.78 Å². The maximum absolute atomic E-state index is 11.2. The molecule has 25 heavy (non-hydrogen) atoms. The Morgan fingerprint density at radius 1 is 1.48 bits per heavy atom. The molecule has 128 valence electrons. The number of hydrogen-bond acceptors (Lipinski definition) is 7. The quantitative estimate of drug-likeness (QED) is 0.548. The number of nitrogens with two attached hydrogens (primary N) is 1. The number of rotatable bonds is 3. The van der Waals surface area contributed by atoms with Crippen LogP contribution in [0.3, 0.4) is 0 Å². The molecule has 1 aliphatic rings. The van der Waals surface area contributed by atoms with E-state index in [-0.39, 0.29) is 11.7 Å². The van der Waals surface area contributed by atoms with Crippen LogP contribution in [0.2, 0.25) is 0 Å². The first-order chi connectivity index (χ1) is 12.1. The van der Waals surface area contributed by atoms with Crippen molar-refractivity contribution in [1.29, 1.82) is 0 Å². The summed E-state index contributed by atoms with van der Waals surface area (Å²) < 4.78 is 3.72. The molecule has 0 saturated heterocycles. The predicted octanol–water partition coefficient (Wildman–Crippen LogP) is 1.69. The van der Waals surface area contributed by atoms with Crippen LogP contribution in [0.5, 0.6) is 0 Å². The van der Waals surface area contributed by atoms with E-state index in [1.165, 1.54) is 28.6 Å². The van der Waals surface area contributed by atoms with Crippen LogP contribution in [0.25, 0.3) is 21.6 Å². The molecule has 1 amide bonds. The lowest BCUT2D eigenvalue weighted by atomic mass is 9.89. The second-order valence-corrected chi connectivity index (χ2v) is 8.43. The largest absolute Gasteiger partial charge is 0.369 e. The number of aryl methyl sites for hydroxylation is 1. The number of amides is 1. The van der Waals surface area contributed by atoms with Gasteiger partial charge in [-0.05, 0) is 30.7 Å². The van der Waals surface area contributed by atoms with Crippen LogP contribution in [0.15, 0.2) is 11.5 Å². The van der Waals surface area contributed by atoms with Crippen LogP contribution in [-0.2, 0) is 17.6 Å². The fraction of sp³-hybridized carbons (Fsp3) is 0.400. The molecule has 4 aromatic heterocycles. The minimum atomic E-state index is -0.376. The molecule has 1 atom stereocenters. The Morgan fingerprint density at radius 2 is 2.36 bits per heavy atom. The summed E-state index contributed by atoms with van der Waals surface area (Å²) in [7, 11) is 0. The highest BCUT2D eigenvalue weighted by molar-refractivity contribution is 7.99. The van der Waals surface area contributed by atoms with Crippen molar-refractivity contribution in [1.82, 2.24) is 29.2 Å². The second-order valence-electron chi connectivity index (χ2n) is 6.40. The molecular weight excluding hydrogens is 358 g/mol. The van der Waals surface area contributed by atoms with Crippen LogP contribution >= 0.6 is 23.1 Å². The van der Waals surface area contributed by atoms with Gasteiger partial charge in [-0.3, -0.25) is 4.79 Å². The Morgan fingerprint density at radius 3 is 3.20 bits per heavy atom. The minimum Gasteiger partial charge on any atom is -0.369 e. The van der Waals surface area contributed by atoms with E-state index in [2.05, 4.69) is 27.2 Å². The average molecular weight is 373 g/mol. The van der Waals surface area contributed by atoms with Gasteiger partial charge < -0.3 is 5.73 Å². The standard InChI is InChI=1S/C15H15N7OS2/c1-7-2-3-9-8(4-7)11-12-17-6-18-22(12)14-19-20-15(24-5-10(16)23)21(14)13(11)25-9/h6-7H,2-5H2,1H3,(H2,16,23)/t7-/m1/s1. The molecule has 1 aliphatic carbocycles. The molecule has 0 aliphatic heterocycles. The van der Waals surface area contributed by atoms with Gasteiger partial charge >= 0.3 is 0 Å². The normalized spacial score (nSPS) is 17.6. The van der Waals surface area contributed by atoms with Crippen LogP contribution < -0.4 is 5.73 Å². The molecule has 10 heteroatoms. The van der Waals surface area contributed by atoms with Crippen molar-refractivity contribution < 1.29 is 4.79 Å². The molecule has 0 radical (unpaired) electrons. The van der Waals surface area contributed by atoms with Gasteiger partial charge in [-0.1, -0.05) is 18.7 Å². The molecule has 0 bridgehead atoms. The molecule has 2 N–H and O–H groups in total. The van der Waals surface area contributed by atoms with Crippen molar-refractivity contribution >= 4 is 50.6 Å². The van der Waals surface area contributed by atoms with Crippen molar-refractivity contribution in [2.45, 2.75) is 31.3 Å². The van der Waals surface area contributed by atoms with Gasteiger partial charge in [0.15, 0.2) is 10.8 Å². The van der Waals surface area contributed by atoms with E-state index in [9.17, 15) is 4.79 Å². The number of thiophene rings is 1. The third-order valence-electron chi connectivity index (χ3n) is 4.61. The molecule has 4 aromatic rings. The van der Waals surface area contributed by atoms with Crippen molar-refractivity contribution in [2.75, 3.05) is 5.75 Å². The van der Waals surface area contributed by atoms with Gasteiger partial charge in [-0.25, -0.2) is 9.38 Å². The first-order valence-corrected chi connectivity index (χ1v) is 9.86. The van der Waals surface area contributed by atoms with Crippen molar-refractivity contribution in [3.63, 3.8) is 0 Å². The third-order valence-corrected chi connectivity index (χ3v) is 6.84. The number of carbonyl (C=O) groups excluding carboxylic acids is 1. The fourth-order valence-electron chi connectivity index (χ4n) is 3.50. The molecule has 0 spiro atoms. The smallest absolute Gasteiger partial charge is 0.260 e. The summed E-state index contributed by atoms with van der Waals surface area (Å²) >= 11 is 3.07. The number of aromatic nitrogens is 6. The molecule has 0 unspecified atom stereocenters. The number of thioether (sulfide) groups is 1. The minimum absolute atomic E-state index is 0.166. The summed E-state index contributed by atoms with van der Waals surface area (Å²) in [5.74, 6) is 1.06. The Kier molecular flexibility index (Phi) is 3.26. The Labute approximate surface area is 150 Å². The molecule has 5 rings (SSSR count). The highest BCUT2D eigenvalue weighted by Gasteiger charge is 2.26.